The summed E-state index contributed by atoms with van der Waals surface area (Å²) in [7, 11) is -4.05. The van der Waals surface area contributed by atoms with Crippen molar-refractivity contribution in [1.82, 2.24) is 14.6 Å². The van der Waals surface area contributed by atoms with Gasteiger partial charge < -0.3 is 9.73 Å². The van der Waals surface area contributed by atoms with Gasteiger partial charge in [0.1, 0.15) is 6.04 Å². The molecule has 0 saturated carbocycles. The molecule has 0 spiro atoms. The molecule has 2 N–H and O–H groups in total. The van der Waals surface area contributed by atoms with E-state index in [1.54, 1.807) is 24.3 Å². The third-order valence-electron chi connectivity index (χ3n) is 4.37. The highest BCUT2D eigenvalue weighted by atomic mass is 35.5. The molecule has 2 aromatic carbocycles. The SMILES string of the molecule is O=C1NCCN(S(=O)(=O)c2ccc3[nH]c(=O)oc3c2)C1c1ccccc1Cl. The topological polar surface area (TPSA) is 112 Å². The Morgan fingerprint density at radius 1 is 1.15 bits per heavy atom. The lowest BCUT2D eigenvalue weighted by Gasteiger charge is -2.34. The maximum Gasteiger partial charge on any atom is 0.417 e. The minimum absolute atomic E-state index is 0.0792. The second-order valence-electron chi connectivity index (χ2n) is 6.00. The van der Waals surface area contributed by atoms with Crippen LogP contribution in [0.3, 0.4) is 0 Å². The second kappa shape index (κ2) is 6.52. The van der Waals surface area contributed by atoms with Gasteiger partial charge in [-0.15, -0.1) is 0 Å². The average molecular weight is 408 g/mol. The Labute approximate surface area is 158 Å². The van der Waals surface area contributed by atoms with E-state index in [-0.39, 0.29) is 23.6 Å². The van der Waals surface area contributed by atoms with E-state index in [1.165, 1.54) is 18.2 Å². The zero-order chi connectivity index (χ0) is 19.2. The number of H-pyrrole nitrogens is 1. The highest BCUT2D eigenvalue weighted by molar-refractivity contribution is 7.89. The van der Waals surface area contributed by atoms with Crippen LogP contribution in [0.1, 0.15) is 11.6 Å². The Hall–Kier alpha value is -2.62. The van der Waals surface area contributed by atoms with Gasteiger partial charge in [0.2, 0.25) is 15.9 Å². The molecular weight excluding hydrogens is 394 g/mol. The molecule has 0 bridgehead atoms. The first-order valence-corrected chi connectivity index (χ1v) is 9.86. The molecule has 1 aliphatic rings. The van der Waals surface area contributed by atoms with Gasteiger partial charge in [0.05, 0.1) is 10.4 Å². The summed E-state index contributed by atoms with van der Waals surface area (Å²) in [5.74, 6) is -1.13. The molecule has 1 aliphatic heterocycles. The number of carbonyl (C=O) groups excluding carboxylic acids is 1. The number of nitrogens with zero attached hydrogens (tertiary/aromatic N) is 1. The van der Waals surface area contributed by atoms with E-state index in [2.05, 4.69) is 10.3 Å². The van der Waals surface area contributed by atoms with Crippen molar-refractivity contribution in [2.24, 2.45) is 0 Å². The summed E-state index contributed by atoms with van der Waals surface area (Å²) in [5, 5.41) is 2.97. The average Bonchev–Trinajstić information content (AvgIpc) is 3.01. The lowest BCUT2D eigenvalue weighted by atomic mass is 10.0. The molecule has 1 fully saturated rings. The molecule has 0 aliphatic carbocycles. The van der Waals surface area contributed by atoms with E-state index < -0.39 is 27.7 Å². The van der Waals surface area contributed by atoms with Crippen LogP contribution in [0, 0.1) is 0 Å². The fourth-order valence-corrected chi connectivity index (χ4v) is 4.94. The van der Waals surface area contributed by atoms with E-state index >= 15 is 0 Å². The van der Waals surface area contributed by atoms with Crippen LogP contribution in [0.2, 0.25) is 5.02 Å². The number of sulfonamides is 1. The fraction of sp³-hybridized carbons (Fsp3) is 0.176. The summed E-state index contributed by atoms with van der Waals surface area (Å²) < 4.78 is 32.6. The molecule has 0 radical (unpaired) electrons. The number of oxazole rings is 1. The van der Waals surface area contributed by atoms with Gasteiger partial charge >= 0.3 is 5.76 Å². The summed E-state index contributed by atoms with van der Waals surface area (Å²) in [5.41, 5.74) is 0.906. The quantitative estimate of drug-likeness (QED) is 0.685. The van der Waals surface area contributed by atoms with Gasteiger partial charge in [0.15, 0.2) is 5.58 Å². The van der Waals surface area contributed by atoms with Crippen LogP contribution in [0.4, 0.5) is 0 Å². The number of benzene rings is 2. The van der Waals surface area contributed by atoms with Crippen molar-refractivity contribution in [3.8, 4) is 0 Å². The van der Waals surface area contributed by atoms with E-state index in [4.69, 9.17) is 16.0 Å². The van der Waals surface area contributed by atoms with Crippen LogP contribution in [0.5, 0.6) is 0 Å². The fourth-order valence-electron chi connectivity index (χ4n) is 3.12. The van der Waals surface area contributed by atoms with Gasteiger partial charge in [-0.2, -0.15) is 4.31 Å². The number of aromatic amines is 1. The lowest BCUT2D eigenvalue weighted by Crippen LogP contribution is -2.52. The Bertz CT molecular complexity index is 1200. The maximum absolute atomic E-state index is 13.3. The molecule has 1 aromatic heterocycles. The number of rotatable bonds is 3. The van der Waals surface area contributed by atoms with Crippen molar-refractivity contribution in [2.75, 3.05) is 13.1 Å². The molecule has 1 atom stereocenters. The third-order valence-corrected chi connectivity index (χ3v) is 6.57. The van der Waals surface area contributed by atoms with Gasteiger partial charge in [-0.25, -0.2) is 13.2 Å². The Morgan fingerprint density at radius 3 is 2.70 bits per heavy atom. The third kappa shape index (κ3) is 3.03. The molecule has 1 amide bonds. The monoisotopic (exact) mass is 407 g/mol. The van der Waals surface area contributed by atoms with Crippen molar-refractivity contribution in [3.05, 3.63) is 63.6 Å². The highest BCUT2D eigenvalue weighted by Gasteiger charge is 2.40. The number of piperazine rings is 1. The molecule has 1 unspecified atom stereocenters. The van der Waals surface area contributed by atoms with E-state index in [9.17, 15) is 18.0 Å². The van der Waals surface area contributed by atoms with Crippen LogP contribution in [0.15, 0.2) is 56.6 Å². The van der Waals surface area contributed by atoms with Gasteiger partial charge in [0.25, 0.3) is 0 Å². The number of aromatic nitrogens is 1. The first kappa shape index (κ1) is 17.8. The van der Waals surface area contributed by atoms with E-state index in [0.29, 0.717) is 16.1 Å². The Balaban J connectivity index is 1.83. The molecule has 27 heavy (non-hydrogen) atoms. The molecule has 1 saturated heterocycles. The van der Waals surface area contributed by atoms with Gasteiger partial charge in [-0.1, -0.05) is 29.8 Å². The summed E-state index contributed by atoms with van der Waals surface area (Å²) >= 11 is 6.21. The summed E-state index contributed by atoms with van der Waals surface area (Å²) in [6.07, 6.45) is 0. The van der Waals surface area contributed by atoms with Crippen molar-refractivity contribution >= 4 is 38.6 Å². The predicted molar refractivity (Wildman–Crippen MR) is 97.9 cm³/mol. The van der Waals surface area contributed by atoms with Gasteiger partial charge in [-0.3, -0.25) is 9.78 Å². The van der Waals surface area contributed by atoms with E-state index in [0.717, 1.165) is 4.31 Å². The number of hydrogen-bond acceptors (Lipinski definition) is 5. The molecular formula is C17H14ClN3O5S. The maximum atomic E-state index is 13.3. The summed E-state index contributed by atoms with van der Waals surface area (Å²) in [6.45, 7) is 0.263. The predicted octanol–water partition coefficient (Wildman–Crippen LogP) is 1.64. The Kier molecular flexibility index (Phi) is 4.29. The van der Waals surface area contributed by atoms with Crippen LogP contribution in [-0.4, -0.2) is 36.7 Å². The molecule has 4 rings (SSSR count). The van der Waals surface area contributed by atoms with Gasteiger partial charge in [0, 0.05) is 24.2 Å². The van der Waals surface area contributed by atoms with Crippen LogP contribution >= 0.6 is 11.6 Å². The number of fused-ring (bicyclic) bond motifs is 1. The minimum atomic E-state index is -4.05. The first-order valence-electron chi connectivity index (χ1n) is 8.05. The van der Waals surface area contributed by atoms with Crippen molar-refractivity contribution < 1.29 is 17.6 Å². The zero-order valence-corrected chi connectivity index (χ0v) is 15.4. The summed E-state index contributed by atoms with van der Waals surface area (Å²) in [6, 6.07) is 9.59. The second-order valence-corrected chi connectivity index (χ2v) is 8.30. The normalized spacial score (nSPS) is 18.6. The Morgan fingerprint density at radius 2 is 1.93 bits per heavy atom. The minimum Gasteiger partial charge on any atom is -0.408 e. The van der Waals surface area contributed by atoms with Gasteiger partial charge in [-0.05, 0) is 23.8 Å². The van der Waals surface area contributed by atoms with Crippen LogP contribution < -0.4 is 11.1 Å². The summed E-state index contributed by atoms with van der Waals surface area (Å²) in [4.78, 5) is 26.2. The van der Waals surface area contributed by atoms with Crippen molar-refractivity contribution in [2.45, 2.75) is 10.9 Å². The largest absolute Gasteiger partial charge is 0.417 e. The molecule has 140 valence electrons. The standard InChI is InChI=1S/C17H14ClN3O5S/c18-12-4-2-1-3-11(12)15-16(22)19-7-8-21(15)27(24,25)10-5-6-13-14(9-10)26-17(23)20-13/h1-6,9,15H,7-8H2,(H,19,22)(H,20,23). The zero-order valence-electron chi connectivity index (χ0n) is 13.8. The van der Waals surface area contributed by atoms with Crippen LogP contribution in [0.25, 0.3) is 11.1 Å². The number of carbonyl (C=O) groups is 1. The smallest absolute Gasteiger partial charge is 0.408 e. The number of amides is 1. The number of halogens is 1. The highest BCUT2D eigenvalue weighted by Crippen LogP contribution is 2.33. The first-order chi connectivity index (χ1) is 12.9. The molecule has 10 heteroatoms. The lowest BCUT2D eigenvalue weighted by molar-refractivity contribution is -0.126. The van der Waals surface area contributed by atoms with Crippen molar-refractivity contribution in [3.63, 3.8) is 0 Å². The van der Waals surface area contributed by atoms with Crippen molar-refractivity contribution in [1.29, 1.82) is 0 Å². The molecule has 2 heterocycles. The number of hydrogen-bond donors (Lipinski definition) is 2. The number of nitrogens with one attached hydrogen (secondary N) is 2. The molecule has 3 aromatic rings. The van der Waals surface area contributed by atoms with E-state index in [1.807, 2.05) is 0 Å². The van der Waals surface area contributed by atoms with Crippen LogP contribution in [-0.2, 0) is 14.8 Å². The molecule has 8 nitrogen and oxygen atoms in total.